The van der Waals surface area contributed by atoms with Gasteiger partial charge < -0.3 is 9.79 Å². The Labute approximate surface area is 113 Å². The van der Waals surface area contributed by atoms with E-state index in [0.29, 0.717) is 0 Å². The largest absolute Gasteiger partial charge is 0.474 e. The predicted molar refractivity (Wildman–Crippen MR) is 68.3 cm³/mol. The van der Waals surface area contributed by atoms with E-state index in [-0.39, 0.29) is 25.0 Å². The van der Waals surface area contributed by atoms with Crippen molar-refractivity contribution in [3.8, 4) is 0 Å². The topological polar surface area (TPSA) is 112 Å². The van der Waals surface area contributed by atoms with E-state index in [2.05, 4.69) is 18.1 Å². The molecule has 0 aliphatic carbocycles. The smallest absolute Gasteiger partial charge is 0.302 e. The number of hydrogen-bond acceptors (Lipinski definition) is 6. The van der Waals surface area contributed by atoms with E-state index >= 15 is 0 Å². The van der Waals surface area contributed by atoms with Crippen molar-refractivity contribution in [2.24, 2.45) is 11.8 Å². The second kappa shape index (κ2) is 8.49. The third-order valence-corrected chi connectivity index (χ3v) is 3.39. The summed E-state index contributed by atoms with van der Waals surface area (Å²) in [5.74, 6) is 0.0895. The van der Waals surface area contributed by atoms with Crippen LogP contribution in [-0.4, -0.2) is 29.8 Å². The van der Waals surface area contributed by atoms with Gasteiger partial charge >= 0.3 is 15.6 Å². The normalized spacial score (nSPS) is 18.5. The van der Waals surface area contributed by atoms with E-state index in [1.54, 1.807) is 27.7 Å². The summed E-state index contributed by atoms with van der Waals surface area (Å²) in [6.07, 6.45) is 0. The fraction of sp³-hybridized carbons (Fsp3) is 1.00. The van der Waals surface area contributed by atoms with Crippen LogP contribution in [0.5, 0.6) is 0 Å². The van der Waals surface area contributed by atoms with E-state index in [4.69, 9.17) is 0 Å². The molecule has 0 amide bonds. The van der Waals surface area contributed by atoms with Crippen molar-refractivity contribution < 1.29 is 37.0 Å². The molecule has 19 heavy (non-hydrogen) atoms. The van der Waals surface area contributed by atoms with Crippen molar-refractivity contribution in [2.45, 2.75) is 27.7 Å². The Hall–Kier alpha value is 0.220. The van der Waals surface area contributed by atoms with Crippen LogP contribution in [-0.2, 0) is 27.2 Å². The van der Waals surface area contributed by atoms with Gasteiger partial charge in [-0.1, -0.05) is 27.7 Å². The fourth-order valence-electron chi connectivity index (χ4n) is 0.718. The van der Waals surface area contributed by atoms with Gasteiger partial charge in [0.25, 0.3) is 0 Å². The standard InChI is InChI=1S/C9H22O8P2/c1-8(2)5-14-18(10,11)16-7-17-19(12,13)15-6-9(3)4/h8-9H,5-7H2,1-4H3,(H,10,11)(H,12,13). The Balaban J connectivity index is 4.00. The van der Waals surface area contributed by atoms with Crippen molar-refractivity contribution in [2.75, 3.05) is 20.0 Å². The molecule has 0 aromatic rings. The van der Waals surface area contributed by atoms with E-state index in [9.17, 15) is 18.9 Å². The maximum atomic E-state index is 11.3. The monoisotopic (exact) mass is 320 g/mol. The van der Waals surface area contributed by atoms with Gasteiger partial charge in [0.2, 0.25) is 0 Å². The van der Waals surface area contributed by atoms with Gasteiger partial charge in [0.1, 0.15) is 0 Å². The van der Waals surface area contributed by atoms with Gasteiger partial charge in [-0.15, -0.1) is 0 Å². The summed E-state index contributed by atoms with van der Waals surface area (Å²) < 4.78 is 40.5. The second-order valence-electron chi connectivity index (χ2n) is 4.69. The first-order valence-electron chi connectivity index (χ1n) is 5.78. The van der Waals surface area contributed by atoms with Gasteiger partial charge in [-0.05, 0) is 11.8 Å². The highest BCUT2D eigenvalue weighted by atomic mass is 31.2. The highest BCUT2D eigenvalue weighted by molar-refractivity contribution is 7.48. The molecule has 2 N–H and O–H groups in total. The maximum Gasteiger partial charge on any atom is 0.474 e. The van der Waals surface area contributed by atoms with Crippen LogP contribution in [0.2, 0.25) is 0 Å². The van der Waals surface area contributed by atoms with Crippen LogP contribution in [0.25, 0.3) is 0 Å². The molecule has 0 aliphatic rings. The number of hydrogen-bond donors (Lipinski definition) is 2. The van der Waals surface area contributed by atoms with Crippen LogP contribution in [0.3, 0.4) is 0 Å². The number of phosphoric ester groups is 2. The Bertz CT molecular complexity index is 311. The van der Waals surface area contributed by atoms with Gasteiger partial charge in [-0.2, -0.15) is 0 Å². The first-order valence-corrected chi connectivity index (χ1v) is 8.77. The van der Waals surface area contributed by atoms with Crippen molar-refractivity contribution in [3.63, 3.8) is 0 Å². The summed E-state index contributed by atoms with van der Waals surface area (Å²) in [4.78, 5) is 18.4. The number of rotatable bonds is 10. The summed E-state index contributed by atoms with van der Waals surface area (Å²) in [5, 5.41) is 0. The van der Waals surface area contributed by atoms with E-state index in [1.807, 2.05) is 0 Å². The van der Waals surface area contributed by atoms with E-state index in [0.717, 1.165) is 0 Å². The first-order chi connectivity index (χ1) is 8.54. The molecule has 2 atom stereocenters. The fourth-order valence-corrected chi connectivity index (χ4v) is 2.29. The molecule has 0 saturated heterocycles. The maximum absolute atomic E-state index is 11.3. The van der Waals surface area contributed by atoms with Gasteiger partial charge in [0, 0.05) is 0 Å². The predicted octanol–water partition coefficient (Wildman–Crippen LogP) is 2.52. The zero-order valence-corrected chi connectivity index (χ0v) is 13.3. The summed E-state index contributed by atoms with van der Waals surface area (Å²) in [6, 6.07) is 0. The SMILES string of the molecule is CC(C)COP(=O)(O)OCOP(=O)(O)OCC(C)C. The average Bonchev–Trinajstić information content (AvgIpc) is 2.23. The van der Waals surface area contributed by atoms with Gasteiger partial charge in [-0.3, -0.25) is 18.1 Å². The molecule has 0 aromatic carbocycles. The highest BCUT2D eigenvalue weighted by Gasteiger charge is 2.26. The molecular formula is C9H22O8P2. The lowest BCUT2D eigenvalue weighted by Gasteiger charge is -2.16. The molecule has 8 nitrogen and oxygen atoms in total. The summed E-state index contributed by atoms with van der Waals surface area (Å²) >= 11 is 0. The van der Waals surface area contributed by atoms with Crippen LogP contribution >= 0.6 is 15.6 Å². The third-order valence-electron chi connectivity index (χ3n) is 1.57. The molecule has 0 heterocycles. The van der Waals surface area contributed by atoms with Crippen molar-refractivity contribution in [1.29, 1.82) is 0 Å². The molecular weight excluding hydrogens is 298 g/mol. The molecule has 0 aromatic heterocycles. The summed E-state index contributed by atoms with van der Waals surface area (Å²) in [6.45, 7) is 6.33. The lowest BCUT2D eigenvalue weighted by molar-refractivity contribution is 0.0334. The molecule has 2 unspecified atom stereocenters. The molecule has 0 rings (SSSR count). The lowest BCUT2D eigenvalue weighted by Crippen LogP contribution is -2.06. The van der Waals surface area contributed by atoms with E-state index < -0.39 is 22.4 Å². The van der Waals surface area contributed by atoms with Gasteiger partial charge in [-0.25, -0.2) is 9.13 Å². The highest BCUT2D eigenvalue weighted by Crippen LogP contribution is 2.48. The van der Waals surface area contributed by atoms with E-state index in [1.165, 1.54) is 0 Å². The quantitative estimate of drug-likeness (QED) is 0.466. The molecule has 0 spiro atoms. The zero-order valence-electron chi connectivity index (χ0n) is 11.5. The van der Waals surface area contributed by atoms with Crippen molar-refractivity contribution >= 4 is 15.6 Å². The Morgan fingerprint density at radius 3 is 1.37 bits per heavy atom. The Morgan fingerprint density at radius 1 is 0.789 bits per heavy atom. The second-order valence-corrected chi connectivity index (χ2v) is 7.60. The summed E-state index contributed by atoms with van der Waals surface area (Å²) in [7, 11) is -8.57. The zero-order chi connectivity index (χ0) is 15.1. The number of phosphoric acid groups is 2. The molecule has 116 valence electrons. The lowest BCUT2D eigenvalue weighted by atomic mass is 10.2. The molecule has 0 radical (unpaired) electrons. The minimum atomic E-state index is -4.28. The Morgan fingerprint density at radius 2 is 1.11 bits per heavy atom. The molecule has 0 bridgehead atoms. The molecule has 0 fully saturated rings. The van der Waals surface area contributed by atoms with Gasteiger partial charge in [0.15, 0.2) is 6.79 Å². The van der Waals surface area contributed by atoms with Crippen LogP contribution in [0, 0.1) is 11.8 Å². The Kier molecular flexibility index (Phi) is 8.59. The minimum absolute atomic E-state index is 0.0222. The van der Waals surface area contributed by atoms with Crippen LogP contribution in [0.4, 0.5) is 0 Å². The first kappa shape index (κ1) is 19.2. The van der Waals surface area contributed by atoms with Gasteiger partial charge in [0.05, 0.1) is 13.2 Å². The van der Waals surface area contributed by atoms with Crippen molar-refractivity contribution in [1.82, 2.24) is 0 Å². The van der Waals surface area contributed by atoms with Crippen LogP contribution < -0.4 is 0 Å². The van der Waals surface area contributed by atoms with Crippen LogP contribution in [0.1, 0.15) is 27.7 Å². The third kappa shape index (κ3) is 11.7. The van der Waals surface area contributed by atoms with Crippen molar-refractivity contribution in [3.05, 3.63) is 0 Å². The summed E-state index contributed by atoms with van der Waals surface area (Å²) in [5.41, 5.74) is 0. The molecule has 0 aliphatic heterocycles. The average molecular weight is 320 g/mol. The minimum Gasteiger partial charge on any atom is -0.302 e. The van der Waals surface area contributed by atoms with Crippen LogP contribution in [0.15, 0.2) is 0 Å². The molecule has 10 heteroatoms. The molecule has 0 saturated carbocycles.